The summed E-state index contributed by atoms with van der Waals surface area (Å²) in [6.45, 7) is 5.55. The number of halogens is 2. The number of ether oxygens (including phenoxy) is 1. The molecule has 0 spiro atoms. The van der Waals surface area contributed by atoms with Crippen molar-refractivity contribution < 1.29 is 9.53 Å². The predicted molar refractivity (Wildman–Crippen MR) is 67.3 cm³/mol. The first-order valence-electron chi connectivity index (χ1n) is 4.77. The Morgan fingerprint density at radius 2 is 1.93 bits per heavy atom. The maximum atomic E-state index is 11.5. The Bertz CT molecular complexity index is 286. The minimum Gasteiger partial charge on any atom is -0.444 e. The Labute approximate surface area is 107 Å². The van der Waals surface area contributed by atoms with Crippen molar-refractivity contribution in [3.63, 3.8) is 0 Å². The molecule has 0 aromatic rings. The average molecular weight is 341 g/mol. The van der Waals surface area contributed by atoms with Crippen molar-refractivity contribution in [2.75, 3.05) is 0 Å². The van der Waals surface area contributed by atoms with Gasteiger partial charge in [-0.25, -0.2) is 4.79 Å². The zero-order valence-electron chi connectivity index (χ0n) is 9.06. The fourth-order valence-corrected chi connectivity index (χ4v) is 2.03. The Kier molecular flexibility index (Phi) is 3.87. The Morgan fingerprint density at radius 1 is 1.40 bits per heavy atom. The Morgan fingerprint density at radius 3 is 2.27 bits per heavy atom. The molecule has 0 radical (unpaired) electrons. The van der Waals surface area contributed by atoms with Crippen LogP contribution in [0.3, 0.4) is 0 Å². The highest BCUT2D eigenvalue weighted by Crippen LogP contribution is 2.39. The lowest BCUT2D eigenvalue weighted by Gasteiger charge is -2.22. The normalized spacial score (nSPS) is 17.9. The van der Waals surface area contributed by atoms with E-state index in [-0.39, 0.29) is 11.6 Å². The second-order valence-electron chi connectivity index (χ2n) is 4.72. The number of alkyl carbamates (subject to hydrolysis) is 1. The lowest BCUT2D eigenvalue weighted by molar-refractivity contribution is 0.0508. The van der Waals surface area contributed by atoms with E-state index in [9.17, 15) is 4.79 Å². The molecule has 3 nitrogen and oxygen atoms in total. The van der Waals surface area contributed by atoms with Crippen LogP contribution >= 0.6 is 31.9 Å². The van der Waals surface area contributed by atoms with E-state index in [1.54, 1.807) is 0 Å². The molecule has 0 heterocycles. The van der Waals surface area contributed by atoms with Crippen LogP contribution < -0.4 is 5.32 Å². The summed E-state index contributed by atoms with van der Waals surface area (Å²) in [5.41, 5.74) is -0.666. The van der Waals surface area contributed by atoms with Gasteiger partial charge in [-0.15, -0.1) is 0 Å². The largest absolute Gasteiger partial charge is 0.444 e. The van der Waals surface area contributed by atoms with Gasteiger partial charge in [0, 0.05) is 0 Å². The molecule has 0 aromatic carbocycles. The van der Waals surface area contributed by atoms with E-state index in [4.69, 9.17) is 4.74 Å². The second kappa shape index (κ2) is 4.45. The second-order valence-corrected chi connectivity index (χ2v) is 7.49. The first kappa shape index (κ1) is 13.0. The molecule has 15 heavy (non-hydrogen) atoms. The molecule has 0 atom stereocenters. The highest BCUT2D eigenvalue weighted by Gasteiger charge is 2.43. The topological polar surface area (TPSA) is 38.3 Å². The molecule has 0 bridgehead atoms. The highest BCUT2D eigenvalue weighted by atomic mass is 79.9. The van der Waals surface area contributed by atoms with Gasteiger partial charge in [-0.2, -0.15) is 0 Å². The van der Waals surface area contributed by atoms with Crippen LogP contribution in [0.2, 0.25) is 0 Å². The van der Waals surface area contributed by atoms with Gasteiger partial charge >= 0.3 is 6.09 Å². The molecule has 1 fully saturated rings. The lowest BCUT2D eigenvalue weighted by atomic mass is 10.2. The summed E-state index contributed by atoms with van der Waals surface area (Å²) >= 11 is 6.57. The van der Waals surface area contributed by atoms with Crippen molar-refractivity contribution in [2.24, 2.45) is 0 Å². The van der Waals surface area contributed by atoms with Crippen LogP contribution in [0, 0.1) is 0 Å². The third-order valence-corrected chi connectivity index (χ3v) is 2.38. The summed E-state index contributed by atoms with van der Waals surface area (Å²) in [7, 11) is 0. The van der Waals surface area contributed by atoms with Crippen molar-refractivity contribution in [1.82, 2.24) is 5.32 Å². The molecule has 1 rings (SSSR count). The van der Waals surface area contributed by atoms with Crippen molar-refractivity contribution in [2.45, 2.75) is 44.8 Å². The molecule has 0 aliphatic heterocycles. The number of carbonyl (C=O) groups excluding carboxylic acids is 1. The minimum absolute atomic E-state index is 0.218. The van der Waals surface area contributed by atoms with E-state index >= 15 is 0 Å². The molecule has 1 amide bonds. The average Bonchev–Trinajstić information content (AvgIpc) is 2.61. The number of amides is 1. The van der Waals surface area contributed by atoms with Crippen molar-refractivity contribution in [1.29, 1.82) is 0 Å². The quantitative estimate of drug-likeness (QED) is 0.832. The number of carbonyl (C=O) groups is 1. The van der Waals surface area contributed by atoms with Gasteiger partial charge in [-0.3, -0.25) is 0 Å². The van der Waals surface area contributed by atoms with Crippen LogP contribution in [0.4, 0.5) is 4.79 Å². The predicted octanol–water partition coefficient (Wildman–Crippen LogP) is 3.67. The zero-order chi connectivity index (χ0) is 11.7. The van der Waals surface area contributed by atoms with Crippen LogP contribution in [-0.4, -0.2) is 17.2 Å². The number of rotatable bonds is 2. The molecule has 1 saturated carbocycles. The molecule has 1 aliphatic carbocycles. The van der Waals surface area contributed by atoms with Crippen molar-refractivity contribution >= 4 is 38.0 Å². The van der Waals surface area contributed by atoms with E-state index in [2.05, 4.69) is 37.2 Å². The zero-order valence-corrected chi connectivity index (χ0v) is 12.2. The van der Waals surface area contributed by atoms with Gasteiger partial charge in [-0.05, 0) is 71.5 Å². The molecular weight excluding hydrogens is 326 g/mol. The first-order chi connectivity index (χ1) is 6.72. The third-order valence-electron chi connectivity index (χ3n) is 1.92. The maximum absolute atomic E-state index is 11.5. The van der Waals surface area contributed by atoms with Gasteiger partial charge in [0.05, 0.1) is 8.93 Å². The van der Waals surface area contributed by atoms with Crippen LogP contribution in [0.25, 0.3) is 0 Å². The van der Waals surface area contributed by atoms with Crippen LogP contribution in [0.1, 0.15) is 33.6 Å². The fraction of sp³-hybridized carbons (Fsp3) is 0.700. The third kappa shape index (κ3) is 5.02. The molecule has 5 heteroatoms. The van der Waals surface area contributed by atoms with Gasteiger partial charge in [-0.1, -0.05) is 0 Å². The molecular formula is C10H15Br2NO2. The molecule has 1 aliphatic rings. The van der Waals surface area contributed by atoms with Crippen molar-refractivity contribution in [3.05, 3.63) is 9.47 Å². The number of hydrogen-bond donors (Lipinski definition) is 1. The van der Waals surface area contributed by atoms with E-state index in [1.807, 2.05) is 26.8 Å². The summed E-state index contributed by atoms with van der Waals surface area (Å²) in [5, 5.41) is 2.86. The maximum Gasteiger partial charge on any atom is 0.408 e. The summed E-state index contributed by atoms with van der Waals surface area (Å²) in [4.78, 5) is 11.5. The van der Waals surface area contributed by atoms with Crippen molar-refractivity contribution in [3.8, 4) is 0 Å². The van der Waals surface area contributed by atoms with E-state index in [0.717, 1.165) is 16.2 Å². The Hall–Kier alpha value is -0.0300. The molecule has 0 aromatic heterocycles. The number of hydrogen-bond acceptors (Lipinski definition) is 2. The molecule has 86 valence electrons. The van der Waals surface area contributed by atoms with Gasteiger partial charge in [0.25, 0.3) is 0 Å². The monoisotopic (exact) mass is 339 g/mol. The van der Waals surface area contributed by atoms with Gasteiger partial charge in [0.1, 0.15) is 5.60 Å². The minimum atomic E-state index is -0.449. The van der Waals surface area contributed by atoms with Gasteiger partial charge < -0.3 is 10.1 Å². The summed E-state index contributed by atoms with van der Waals surface area (Å²) in [6.07, 6.45) is 3.48. The van der Waals surface area contributed by atoms with E-state index < -0.39 is 5.60 Å². The van der Waals surface area contributed by atoms with Crippen LogP contribution in [0.15, 0.2) is 9.47 Å². The highest BCUT2D eigenvalue weighted by molar-refractivity contribution is 9.28. The summed E-state index contributed by atoms with van der Waals surface area (Å²) < 4.78 is 6.04. The van der Waals surface area contributed by atoms with Gasteiger partial charge in [0.2, 0.25) is 0 Å². The molecule has 0 unspecified atom stereocenters. The first-order valence-corrected chi connectivity index (χ1v) is 6.36. The van der Waals surface area contributed by atoms with Gasteiger partial charge in [0.15, 0.2) is 0 Å². The lowest BCUT2D eigenvalue weighted by Crippen LogP contribution is -2.39. The van der Waals surface area contributed by atoms with Crippen LogP contribution in [-0.2, 0) is 4.74 Å². The fourth-order valence-electron chi connectivity index (χ4n) is 1.16. The van der Waals surface area contributed by atoms with E-state index in [0.29, 0.717) is 0 Å². The Balaban J connectivity index is 2.49. The SMILES string of the molecule is CC(C)(C)OC(=O)NC1(C=C(Br)Br)CC1. The smallest absolute Gasteiger partial charge is 0.408 e. The summed E-state index contributed by atoms with van der Waals surface area (Å²) in [6, 6.07) is 0. The number of nitrogens with one attached hydrogen (secondary N) is 1. The standard InChI is InChI=1S/C10H15Br2NO2/c1-9(2,3)15-8(14)13-10(4-5-10)6-7(11)12/h6H,4-5H2,1-3H3,(H,13,14). The molecule has 0 saturated heterocycles. The summed E-state index contributed by atoms with van der Waals surface area (Å²) in [5.74, 6) is 0. The van der Waals surface area contributed by atoms with E-state index in [1.165, 1.54) is 0 Å². The molecule has 1 N–H and O–H groups in total. The van der Waals surface area contributed by atoms with Crippen LogP contribution in [0.5, 0.6) is 0 Å².